The van der Waals surface area contributed by atoms with Gasteiger partial charge in [0.25, 0.3) is 5.91 Å². The quantitative estimate of drug-likeness (QED) is 0.228. The minimum Gasteiger partial charge on any atom is -0.508 e. The van der Waals surface area contributed by atoms with Gasteiger partial charge in [-0.15, -0.1) is 0 Å². The fourth-order valence-corrected chi connectivity index (χ4v) is 11.8. The van der Waals surface area contributed by atoms with Crippen molar-refractivity contribution in [2.24, 2.45) is 5.92 Å². The van der Waals surface area contributed by atoms with Gasteiger partial charge in [-0.25, -0.2) is 0 Å². The van der Waals surface area contributed by atoms with Gasteiger partial charge in [0.15, 0.2) is 0 Å². The van der Waals surface area contributed by atoms with Crippen LogP contribution in [-0.2, 0) is 27.3 Å². The molecule has 310 valence electrons. The van der Waals surface area contributed by atoms with E-state index in [-0.39, 0.29) is 35.8 Å². The van der Waals surface area contributed by atoms with E-state index in [2.05, 4.69) is 86.7 Å². The van der Waals surface area contributed by atoms with Gasteiger partial charge in [-0.3, -0.25) is 24.6 Å². The summed E-state index contributed by atoms with van der Waals surface area (Å²) in [5.74, 6) is 1.38. The summed E-state index contributed by atoms with van der Waals surface area (Å²) in [6.45, 7) is 7.52. The predicted octanol–water partition coefficient (Wildman–Crippen LogP) is 5.97. The van der Waals surface area contributed by atoms with Gasteiger partial charge in [0.05, 0.1) is 23.9 Å². The highest BCUT2D eigenvalue weighted by atomic mass is 16.5. The number of benzene rings is 4. The van der Waals surface area contributed by atoms with Crippen LogP contribution in [0.1, 0.15) is 88.5 Å². The molecule has 2 N–H and O–H groups in total. The highest BCUT2D eigenvalue weighted by molar-refractivity contribution is 6.06. The van der Waals surface area contributed by atoms with E-state index in [4.69, 9.17) is 9.47 Å². The lowest BCUT2D eigenvalue weighted by atomic mass is 9.69. The average Bonchev–Trinajstić information content (AvgIpc) is 3.81. The molecule has 0 aromatic heterocycles. The second-order valence-electron chi connectivity index (χ2n) is 18.4. The van der Waals surface area contributed by atoms with Gasteiger partial charge in [-0.2, -0.15) is 0 Å². The number of nitrogens with one attached hydrogen (secondary N) is 1. The smallest absolute Gasteiger partial charge is 0.255 e. The first-order valence-corrected chi connectivity index (χ1v) is 22.1. The standard InChI is InChI=1S/C49H53N5O6/c55-38-11-13-40-34(22-38)8-12-39(32-4-2-1-3-5-32)46(40)33-6-9-36(10-7-33)52-18-16-49(17-19-52)25-31(29-60-49)26-51-20-21-53-37(28-51)30-59-44-24-41-35(23-43(44)53)27-54(48(41)58)42-14-15-45(56)50-47(42)57/h1-7,9-11,13,22-24,31,37,39,42,46,55H,8,12,14-21,25-30H2,(H,50,56,57)/t31-,37+,39+,42-,46-/m0/s1. The fourth-order valence-electron chi connectivity index (χ4n) is 11.8. The third-order valence-corrected chi connectivity index (χ3v) is 14.8. The molecule has 0 unspecified atom stereocenters. The summed E-state index contributed by atoms with van der Waals surface area (Å²) in [5, 5.41) is 12.7. The Kier molecular flexibility index (Phi) is 9.37. The SMILES string of the molecule is O=C1CC[C@H](N2Cc3cc4c(cc3C2=O)OC[C@H]2CN(C[C@H]3COC5(CCN(c6ccc([C@@H]7c8ccc(O)cc8CC[C@@H]7c7ccccc7)cc6)CC5)C3)CCN42)C(=O)N1. The van der Waals surface area contributed by atoms with Crippen LogP contribution in [0, 0.1) is 5.92 Å². The Hall–Kier alpha value is -5.39. The molecule has 60 heavy (non-hydrogen) atoms. The van der Waals surface area contributed by atoms with Gasteiger partial charge in [-0.05, 0) is 115 Å². The summed E-state index contributed by atoms with van der Waals surface area (Å²) < 4.78 is 13.0. The van der Waals surface area contributed by atoms with Gasteiger partial charge in [-0.1, -0.05) is 48.5 Å². The van der Waals surface area contributed by atoms with Crippen LogP contribution in [0.15, 0.2) is 84.9 Å². The van der Waals surface area contributed by atoms with E-state index in [0.717, 1.165) is 95.0 Å². The Morgan fingerprint density at radius 3 is 2.45 bits per heavy atom. The first kappa shape index (κ1) is 37.6. The lowest BCUT2D eigenvalue weighted by Crippen LogP contribution is -2.58. The summed E-state index contributed by atoms with van der Waals surface area (Å²) in [7, 11) is 0. The van der Waals surface area contributed by atoms with Crippen LogP contribution in [0.4, 0.5) is 11.4 Å². The van der Waals surface area contributed by atoms with Crippen molar-refractivity contribution in [3.05, 3.63) is 118 Å². The molecule has 1 aliphatic carbocycles. The van der Waals surface area contributed by atoms with Crippen molar-refractivity contribution in [1.29, 1.82) is 0 Å². The number of aryl methyl sites for hydroxylation is 1. The van der Waals surface area contributed by atoms with E-state index in [9.17, 15) is 19.5 Å². The van der Waals surface area contributed by atoms with Gasteiger partial charge >= 0.3 is 0 Å². The Morgan fingerprint density at radius 2 is 1.63 bits per heavy atom. The average molecular weight is 808 g/mol. The number of fused-ring (bicyclic) bond motifs is 5. The third-order valence-electron chi connectivity index (χ3n) is 14.8. The molecule has 4 aromatic carbocycles. The van der Waals surface area contributed by atoms with Crippen molar-refractivity contribution >= 4 is 29.1 Å². The van der Waals surface area contributed by atoms with Crippen LogP contribution < -0.4 is 19.9 Å². The minimum absolute atomic E-state index is 0.0460. The zero-order chi connectivity index (χ0) is 40.5. The number of hydrogen-bond donors (Lipinski definition) is 2. The van der Waals surface area contributed by atoms with Crippen molar-refractivity contribution in [3.63, 3.8) is 0 Å². The maximum atomic E-state index is 13.4. The predicted molar refractivity (Wildman–Crippen MR) is 228 cm³/mol. The molecule has 5 atom stereocenters. The van der Waals surface area contributed by atoms with E-state index >= 15 is 0 Å². The first-order valence-electron chi connectivity index (χ1n) is 22.1. The number of carbonyl (C=O) groups excluding carboxylic acids is 3. The number of phenols is 1. The molecule has 11 rings (SSSR count). The maximum absolute atomic E-state index is 13.4. The molecule has 11 nitrogen and oxygen atoms in total. The fraction of sp³-hybridized carbons (Fsp3) is 0.449. The molecule has 4 aromatic rings. The van der Waals surface area contributed by atoms with Gasteiger partial charge < -0.3 is 29.3 Å². The zero-order valence-electron chi connectivity index (χ0n) is 34.1. The van der Waals surface area contributed by atoms with E-state index < -0.39 is 11.9 Å². The van der Waals surface area contributed by atoms with Crippen molar-refractivity contribution < 1.29 is 29.0 Å². The number of phenolic OH excluding ortho intramolecular Hbond substituents is 1. The highest BCUT2D eigenvalue weighted by Crippen LogP contribution is 2.48. The number of anilines is 2. The molecule has 6 heterocycles. The van der Waals surface area contributed by atoms with Crippen molar-refractivity contribution in [1.82, 2.24) is 15.1 Å². The molecule has 4 saturated heterocycles. The van der Waals surface area contributed by atoms with Crippen molar-refractivity contribution in [3.8, 4) is 11.5 Å². The summed E-state index contributed by atoms with van der Waals surface area (Å²) in [6.07, 6.45) is 5.81. The summed E-state index contributed by atoms with van der Waals surface area (Å²) in [5.41, 5.74) is 9.07. The molecular formula is C49H53N5O6. The number of carbonyl (C=O) groups is 3. The molecule has 3 amide bonds. The summed E-state index contributed by atoms with van der Waals surface area (Å²) in [6, 6.07) is 29.7. The summed E-state index contributed by atoms with van der Waals surface area (Å²) in [4.78, 5) is 46.9. The van der Waals surface area contributed by atoms with Crippen LogP contribution in [0.25, 0.3) is 0 Å². The van der Waals surface area contributed by atoms with Crippen molar-refractivity contribution in [2.75, 3.05) is 62.3 Å². The Balaban J connectivity index is 0.699. The molecule has 6 aliphatic heterocycles. The Labute approximate surface area is 351 Å². The molecule has 4 fully saturated rings. The van der Waals surface area contributed by atoms with E-state index in [1.54, 1.807) is 4.90 Å². The van der Waals surface area contributed by atoms with E-state index in [1.807, 2.05) is 18.2 Å². The van der Waals surface area contributed by atoms with Gasteiger partial charge in [0.1, 0.15) is 24.1 Å². The van der Waals surface area contributed by atoms with Crippen LogP contribution in [0.5, 0.6) is 11.5 Å². The van der Waals surface area contributed by atoms with E-state index in [0.29, 0.717) is 42.7 Å². The number of piperidine rings is 2. The molecule has 0 radical (unpaired) electrons. The largest absolute Gasteiger partial charge is 0.508 e. The van der Waals surface area contributed by atoms with Gasteiger partial charge in [0, 0.05) is 69.4 Å². The normalized spacial score (nSPS) is 27.2. The lowest BCUT2D eigenvalue weighted by molar-refractivity contribution is -0.136. The molecule has 11 heteroatoms. The highest BCUT2D eigenvalue weighted by Gasteiger charge is 2.45. The van der Waals surface area contributed by atoms with Crippen molar-refractivity contribution in [2.45, 2.75) is 81.0 Å². The Bertz CT molecular complexity index is 2330. The second-order valence-corrected chi connectivity index (χ2v) is 18.4. The molecule has 7 aliphatic rings. The van der Waals surface area contributed by atoms with Crippen LogP contribution >= 0.6 is 0 Å². The maximum Gasteiger partial charge on any atom is 0.255 e. The van der Waals surface area contributed by atoms with Crippen LogP contribution in [-0.4, -0.2) is 103 Å². The molecule has 1 spiro atoms. The van der Waals surface area contributed by atoms with E-state index in [1.165, 1.54) is 27.9 Å². The molecule has 0 saturated carbocycles. The van der Waals surface area contributed by atoms with Crippen LogP contribution in [0.2, 0.25) is 0 Å². The number of nitrogens with zero attached hydrogens (tertiary/aromatic N) is 4. The van der Waals surface area contributed by atoms with Gasteiger partial charge in [0.2, 0.25) is 11.8 Å². The number of amides is 3. The van der Waals surface area contributed by atoms with Crippen LogP contribution in [0.3, 0.4) is 0 Å². The number of ether oxygens (including phenoxy) is 2. The molecular weight excluding hydrogens is 755 g/mol. The lowest BCUT2D eigenvalue weighted by Gasteiger charge is -2.46. The number of imide groups is 1. The topological polar surface area (TPSA) is 115 Å². The monoisotopic (exact) mass is 807 g/mol. The number of piperazine rings is 1. The minimum atomic E-state index is -0.626. The molecule has 0 bridgehead atoms. The third kappa shape index (κ3) is 6.70. The number of rotatable bonds is 6. The first-order chi connectivity index (χ1) is 29.3. The zero-order valence-corrected chi connectivity index (χ0v) is 34.1. The second kappa shape index (κ2) is 15.0. The number of aromatic hydroxyl groups is 1. The number of hydrogen-bond acceptors (Lipinski definition) is 9. The Morgan fingerprint density at radius 1 is 0.800 bits per heavy atom. The summed E-state index contributed by atoms with van der Waals surface area (Å²) >= 11 is 0.